The van der Waals surface area contributed by atoms with Crippen molar-refractivity contribution >= 4 is 27.5 Å². The lowest BCUT2D eigenvalue weighted by molar-refractivity contribution is -0.116. The maximum atomic E-state index is 12.9. The average Bonchev–Trinajstić information content (AvgIpc) is 3.25. The molecule has 29 heavy (non-hydrogen) atoms. The van der Waals surface area contributed by atoms with Crippen LogP contribution < -0.4 is 5.32 Å². The second kappa shape index (κ2) is 8.71. The third-order valence-electron chi connectivity index (χ3n) is 4.66. The number of rotatable bonds is 6. The molecule has 1 N–H and O–H groups in total. The van der Waals surface area contributed by atoms with E-state index in [0.29, 0.717) is 18.8 Å². The molecule has 0 aromatic heterocycles. The predicted octanol–water partition coefficient (Wildman–Crippen LogP) is 2.32. The Morgan fingerprint density at radius 1 is 1.03 bits per heavy atom. The van der Waals surface area contributed by atoms with E-state index < -0.39 is 27.7 Å². The number of hydrogen-bond donors (Lipinski definition) is 1. The van der Waals surface area contributed by atoms with Crippen LogP contribution in [-0.2, 0) is 14.8 Å². The molecule has 9 heteroatoms. The molecule has 2 amide bonds. The van der Waals surface area contributed by atoms with Crippen LogP contribution in [-0.4, -0.2) is 56.1 Å². The molecule has 0 spiro atoms. The summed E-state index contributed by atoms with van der Waals surface area (Å²) in [5.41, 5.74) is 0.705. The summed E-state index contributed by atoms with van der Waals surface area (Å²) in [5, 5.41) is 2.58. The molecule has 0 radical (unpaired) electrons. The Kier molecular flexibility index (Phi) is 6.29. The quantitative estimate of drug-likeness (QED) is 0.779. The number of sulfonamides is 1. The van der Waals surface area contributed by atoms with Gasteiger partial charge >= 0.3 is 0 Å². The highest BCUT2D eigenvalue weighted by atomic mass is 32.2. The third kappa shape index (κ3) is 4.99. The fourth-order valence-corrected chi connectivity index (χ4v) is 4.61. The Bertz CT molecular complexity index is 985. The summed E-state index contributed by atoms with van der Waals surface area (Å²) in [6.07, 6.45) is 1.70. The number of carbonyl (C=O) groups excluding carboxylic acids is 2. The van der Waals surface area contributed by atoms with Crippen molar-refractivity contribution in [1.82, 2.24) is 9.21 Å². The van der Waals surface area contributed by atoms with Gasteiger partial charge in [-0.15, -0.1) is 0 Å². The summed E-state index contributed by atoms with van der Waals surface area (Å²) in [5.74, 6) is -1.25. The average molecular weight is 419 g/mol. The van der Waals surface area contributed by atoms with E-state index in [1.54, 1.807) is 0 Å². The van der Waals surface area contributed by atoms with E-state index in [1.165, 1.54) is 64.8 Å². The van der Waals surface area contributed by atoms with E-state index >= 15 is 0 Å². The Morgan fingerprint density at radius 3 is 2.21 bits per heavy atom. The van der Waals surface area contributed by atoms with Crippen LogP contribution in [0.15, 0.2) is 53.4 Å². The van der Waals surface area contributed by atoms with E-state index in [1.807, 2.05) is 0 Å². The summed E-state index contributed by atoms with van der Waals surface area (Å²) in [6, 6.07) is 11.0. The molecule has 0 bridgehead atoms. The SMILES string of the molecule is CN(CC(=O)Nc1ccc(F)cc1)C(=O)c1ccc(S(=O)(=O)N2CCCC2)cc1. The van der Waals surface area contributed by atoms with Crippen molar-refractivity contribution in [2.45, 2.75) is 17.7 Å². The maximum absolute atomic E-state index is 12.9. The van der Waals surface area contributed by atoms with Crippen molar-refractivity contribution in [3.63, 3.8) is 0 Å². The summed E-state index contributed by atoms with van der Waals surface area (Å²) in [6.45, 7) is 0.813. The number of carbonyl (C=O) groups is 2. The monoisotopic (exact) mass is 419 g/mol. The van der Waals surface area contributed by atoms with Crippen molar-refractivity contribution < 1.29 is 22.4 Å². The highest BCUT2D eigenvalue weighted by Crippen LogP contribution is 2.21. The Morgan fingerprint density at radius 2 is 1.62 bits per heavy atom. The Hall–Kier alpha value is -2.78. The Balaban J connectivity index is 1.62. The van der Waals surface area contributed by atoms with Gasteiger partial charge in [-0.05, 0) is 61.4 Å². The zero-order valence-corrected chi connectivity index (χ0v) is 16.8. The first-order valence-electron chi connectivity index (χ1n) is 9.18. The molecule has 1 heterocycles. The lowest BCUT2D eigenvalue weighted by Crippen LogP contribution is -2.35. The standard InChI is InChI=1S/C20H22FN3O4S/c1-23(14-19(25)22-17-8-6-16(21)7-9-17)20(26)15-4-10-18(11-5-15)29(27,28)24-12-2-3-13-24/h4-11H,2-3,12-14H2,1H3,(H,22,25). The van der Waals surface area contributed by atoms with Crippen LogP contribution in [0.4, 0.5) is 10.1 Å². The van der Waals surface area contributed by atoms with Gasteiger partial charge in [0.25, 0.3) is 5.91 Å². The molecule has 1 aliphatic heterocycles. The molecule has 1 fully saturated rings. The highest BCUT2D eigenvalue weighted by molar-refractivity contribution is 7.89. The summed E-state index contributed by atoms with van der Waals surface area (Å²) >= 11 is 0. The molecule has 0 atom stereocenters. The number of benzene rings is 2. The minimum atomic E-state index is -3.54. The van der Waals surface area contributed by atoms with Crippen molar-refractivity contribution in [3.8, 4) is 0 Å². The van der Waals surface area contributed by atoms with Gasteiger partial charge in [-0.2, -0.15) is 4.31 Å². The van der Waals surface area contributed by atoms with Crippen LogP contribution in [0.2, 0.25) is 0 Å². The number of anilines is 1. The number of amides is 2. The van der Waals surface area contributed by atoms with Gasteiger partial charge in [-0.1, -0.05) is 0 Å². The van der Waals surface area contributed by atoms with E-state index in [9.17, 15) is 22.4 Å². The normalized spacial score (nSPS) is 14.6. The van der Waals surface area contributed by atoms with E-state index in [0.717, 1.165) is 12.8 Å². The maximum Gasteiger partial charge on any atom is 0.254 e. The van der Waals surface area contributed by atoms with Gasteiger partial charge in [0.15, 0.2) is 0 Å². The smallest absolute Gasteiger partial charge is 0.254 e. The number of nitrogens with zero attached hydrogens (tertiary/aromatic N) is 2. The fourth-order valence-electron chi connectivity index (χ4n) is 3.09. The van der Waals surface area contributed by atoms with Crippen molar-refractivity contribution in [3.05, 3.63) is 59.9 Å². The van der Waals surface area contributed by atoms with Crippen LogP contribution in [0, 0.1) is 5.82 Å². The molecule has 1 aliphatic rings. The lowest BCUT2D eigenvalue weighted by Gasteiger charge is -2.18. The minimum absolute atomic E-state index is 0.146. The highest BCUT2D eigenvalue weighted by Gasteiger charge is 2.27. The zero-order valence-electron chi connectivity index (χ0n) is 16.0. The second-order valence-corrected chi connectivity index (χ2v) is 8.79. The zero-order chi connectivity index (χ0) is 21.0. The van der Waals surface area contributed by atoms with Gasteiger partial charge in [0.2, 0.25) is 15.9 Å². The van der Waals surface area contributed by atoms with Gasteiger partial charge in [-0.3, -0.25) is 9.59 Å². The number of hydrogen-bond acceptors (Lipinski definition) is 4. The molecular weight excluding hydrogens is 397 g/mol. The fraction of sp³-hybridized carbons (Fsp3) is 0.300. The van der Waals surface area contributed by atoms with Gasteiger partial charge in [-0.25, -0.2) is 12.8 Å². The third-order valence-corrected chi connectivity index (χ3v) is 6.57. The number of likely N-dealkylation sites (N-methyl/N-ethyl adjacent to an activating group) is 1. The summed E-state index contributed by atoms with van der Waals surface area (Å²) in [7, 11) is -2.07. The molecule has 1 saturated heterocycles. The van der Waals surface area contributed by atoms with Crippen molar-refractivity contribution in [2.75, 3.05) is 32.0 Å². The van der Waals surface area contributed by atoms with Gasteiger partial charge in [0.1, 0.15) is 5.82 Å². The van der Waals surface area contributed by atoms with Gasteiger partial charge in [0.05, 0.1) is 11.4 Å². The van der Waals surface area contributed by atoms with Crippen LogP contribution in [0.3, 0.4) is 0 Å². The van der Waals surface area contributed by atoms with Crippen LogP contribution in [0.25, 0.3) is 0 Å². The molecule has 7 nitrogen and oxygen atoms in total. The lowest BCUT2D eigenvalue weighted by atomic mass is 10.2. The molecule has 0 aliphatic carbocycles. The van der Waals surface area contributed by atoms with Gasteiger partial charge < -0.3 is 10.2 Å². The molecule has 0 unspecified atom stereocenters. The first-order valence-corrected chi connectivity index (χ1v) is 10.6. The molecule has 2 aromatic rings. The molecule has 3 rings (SSSR count). The van der Waals surface area contributed by atoms with Crippen LogP contribution >= 0.6 is 0 Å². The number of nitrogens with one attached hydrogen (secondary N) is 1. The summed E-state index contributed by atoms with van der Waals surface area (Å²) < 4.78 is 39.4. The van der Waals surface area contributed by atoms with E-state index in [2.05, 4.69) is 5.32 Å². The predicted molar refractivity (Wildman–Crippen MR) is 106 cm³/mol. The topological polar surface area (TPSA) is 86.8 Å². The van der Waals surface area contributed by atoms with E-state index in [4.69, 9.17) is 0 Å². The summed E-state index contributed by atoms with van der Waals surface area (Å²) in [4.78, 5) is 26.0. The van der Waals surface area contributed by atoms with Crippen molar-refractivity contribution in [1.29, 1.82) is 0 Å². The molecule has 154 valence electrons. The van der Waals surface area contributed by atoms with Gasteiger partial charge in [0, 0.05) is 31.4 Å². The minimum Gasteiger partial charge on any atom is -0.332 e. The number of halogens is 1. The molecule has 0 saturated carbocycles. The molecule has 2 aromatic carbocycles. The Labute approximate surface area is 169 Å². The second-order valence-electron chi connectivity index (χ2n) is 6.85. The van der Waals surface area contributed by atoms with Crippen LogP contribution in [0.1, 0.15) is 23.2 Å². The largest absolute Gasteiger partial charge is 0.332 e. The molecular formula is C20H22FN3O4S. The van der Waals surface area contributed by atoms with Crippen molar-refractivity contribution in [2.24, 2.45) is 0 Å². The first kappa shape index (κ1) is 20.9. The first-order chi connectivity index (χ1) is 13.8. The van der Waals surface area contributed by atoms with Crippen LogP contribution in [0.5, 0.6) is 0 Å². The van der Waals surface area contributed by atoms with E-state index in [-0.39, 0.29) is 17.0 Å².